The van der Waals surface area contributed by atoms with Crippen molar-refractivity contribution in [1.82, 2.24) is 0 Å². The molecule has 0 aromatic heterocycles. The van der Waals surface area contributed by atoms with Crippen molar-refractivity contribution in [2.24, 2.45) is 0 Å². The average molecular weight is 382 g/mol. The van der Waals surface area contributed by atoms with Gasteiger partial charge >= 0.3 is 6.36 Å². The quantitative estimate of drug-likeness (QED) is 0.525. The molecule has 0 saturated heterocycles. The molecule has 0 atom stereocenters. The maximum Gasteiger partial charge on any atom is 0.573 e. The molecule has 2 rings (SSSR count). The Labute approximate surface area is 120 Å². The van der Waals surface area contributed by atoms with Crippen molar-refractivity contribution in [2.75, 3.05) is 0 Å². The van der Waals surface area contributed by atoms with Crippen LogP contribution in [0.5, 0.6) is 5.75 Å². The van der Waals surface area contributed by atoms with Gasteiger partial charge in [-0.05, 0) is 64.0 Å². The van der Waals surface area contributed by atoms with E-state index >= 15 is 0 Å². The van der Waals surface area contributed by atoms with E-state index in [1.54, 1.807) is 12.1 Å². The number of benzene rings is 2. The molecule has 0 bridgehead atoms. The van der Waals surface area contributed by atoms with Gasteiger partial charge in [-0.25, -0.2) is 4.39 Å². The molecule has 2 aromatic rings. The molecule has 0 fully saturated rings. The summed E-state index contributed by atoms with van der Waals surface area (Å²) in [5, 5.41) is 0. The van der Waals surface area contributed by atoms with Crippen LogP contribution in [0.3, 0.4) is 0 Å². The molecule has 0 N–H and O–H groups in total. The SMILES string of the molecule is Fc1cccc(-c2ccc(OC(F)(F)F)cc2I)c1. The van der Waals surface area contributed by atoms with Gasteiger partial charge in [-0.15, -0.1) is 13.2 Å². The molecular weight excluding hydrogens is 375 g/mol. The van der Waals surface area contributed by atoms with Crippen molar-refractivity contribution in [3.8, 4) is 16.9 Å². The van der Waals surface area contributed by atoms with E-state index in [4.69, 9.17) is 0 Å². The Morgan fingerprint density at radius 3 is 2.32 bits per heavy atom. The van der Waals surface area contributed by atoms with E-state index in [1.807, 2.05) is 22.6 Å². The van der Waals surface area contributed by atoms with E-state index < -0.39 is 12.2 Å². The normalized spacial score (nSPS) is 11.4. The van der Waals surface area contributed by atoms with Gasteiger partial charge in [0.05, 0.1) is 0 Å². The number of ether oxygens (including phenoxy) is 1. The summed E-state index contributed by atoms with van der Waals surface area (Å²) < 4.78 is 53.7. The monoisotopic (exact) mass is 382 g/mol. The summed E-state index contributed by atoms with van der Waals surface area (Å²) in [4.78, 5) is 0. The zero-order chi connectivity index (χ0) is 14.0. The second-order valence-corrected chi connectivity index (χ2v) is 4.86. The lowest BCUT2D eigenvalue weighted by Crippen LogP contribution is -2.17. The van der Waals surface area contributed by atoms with Crippen LogP contribution < -0.4 is 4.74 Å². The maximum atomic E-state index is 13.1. The summed E-state index contributed by atoms with van der Waals surface area (Å²) in [6.45, 7) is 0. The van der Waals surface area contributed by atoms with Crippen LogP contribution in [0.4, 0.5) is 17.6 Å². The fourth-order valence-electron chi connectivity index (χ4n) is 1.58. The Morgan fingerprint density at radius 1 is 1.00 bits per heavy atom. The Kier molecular flexibility index (Phi) is 3.98. The van der Waals surface area contributed by atoms with Gasteiger partial charge in [0.2, 0.25) is 0 Å². The van der Waals surface area contributed by atoms with Crippen molar-refractivity contribution >= 4 is 22.6 Å². The standard InChI is InChI=1S/C13H7F4IO/c14-9-3-1-2-8(6-9)11-5-4-10(7-12(11)18)19-13(15,16)17/h1-7H. The van der Waals surface area contributed by atoms with Crippen LogP contribution in [-0.4, -0.2) is 6.36 Å². The molecule has 0 aliphatic carbocycles. The third-order valence-corrected chi connectivity index (χ3v) is 3.20. The van der Waals surface area contributed by atoms with Crippen LogP contribution in [0.15, 0.2) is 42.5 Å². The van der Waals surface area contributed by atoms with Gasteiger partial charge in [-0.2, -0.15) is 0 Å². The molecule has 0 unspecified atom stereocenters. The zero-order valence-electron chi connectivity index (χ0n) is 9.34. The molecule has 0 heterocycles. The highest BCUT2D eigenvalue weighted by atomic mass is 127. The van der Waals surface area contributed by atoms with Crippen LogP contribution in [0, 0.1) is 9.39 Å². The number of hydrogen-bond donors (Lipinski definition) is 0. The zero-order valence-corrected chi connectivity index (χ0v) is 11.5. The van der Waals surface area contributed by atoms with Crippen molar-refractivity contribution in [2.45, 2.75) is 6.36 Å². The van der Waals surface area contributed by atoms with Gasteiger partial charge in [0.1, 0.15) is 11.6 Å². The predicted molar refractivity (Wildman–Crippen MR) is 71.2 cm³/mol. The molecule has 0 aliphatic heterocycles. The van der Waals surface area contributed by atoms with Gasteiger partial charge in [0.15, 0.2) is 0 Å². The van der Waals surface area contributed by atoms with Crippen LogP contribution in [0.25, 0.3) is 11.1 Å². The molecule has 0 radical (unpaired) electrons. The highest BCUT2D eigenvalue weighted by molar-refractivity contribution is 14.1. The van der Waals surface area contributed by atoms with E-state index in [1.165, 1.54) is 30.3 Å². The number of hydrogen-bond acceptors (Lipinski definition) is 1. The first-order chi connectivity index (χ1) is 8.85. The molecule has 100 valence electrons. The van der Waals surface area contributed by atoms with E-state index in [2.05, 4.69) is 4.74 Å². The van der Waals surface area contributed by atoms with Crippen LogP contribution in [0.1, 0.15) is 0 Å². The first-order valence-electron chi connectivity index (χ1n) is 5.16. The lowest BCUT2D eigenvalue weighted by molar-refractivity contribution is -0.274. The third kappa shape index (κ3) is 3.82. The summed E-state index contributed by atoms with van der Waals surface area (Å²) in [6, 6.07) is 9.78. The molecule has 0 amide bonds. The van der Waals surface area contributed by atoms with E-state index in [9.17, 15) is 17.6 Å². The molecular formula is C13H7F4IO. The highest BCUT2D eigenvalue weighted by Gasteiger charge is 2.31. The van der Waals surface area contributed by atoms with E-state index in [0.717, 1.165) is 0 Å². The Balaban J connectivity index is 2.34. The second kappa shape index (κ2) is 5.36. The smallest absolute Gasteiger partial charge is 0.406 e. The lowest BCUT2D eigenvalue weighted by atomic mass is 10.1. The summed E-state index contributed by atoms with van der Waals surface area (Å²) in [5.74, 6) is -0.694. The van der Waals surface area contributed by atoms with Gasteiger partial charge in [-0.3, -0.25) is 0 Å². The van der Waals surface area contributed by atoms with Crippen molar-refractivity contribution in [3.63, 3.8) is 0 Å². The fraction of sp³-hybridized carbons (Fsp3) is 0.0769. The molecule has 0 aliphatic rings. The molecule has 19 heavy (non-hydrogen) atoms. The first-order valence-corrected chi connectivity index (χ1v) is 6.24. The minimum atomic E-state index is -4.72. The Hall–Kier alpha value is -1.31. The molecule has 6 heteroatoms. The largest absolute Gasteiger partial charge is 0.573 e. The number of rotatable bonds is 2. The average Bonchev–Trinajstić information content (AvgIpc) is 2.26. The van der Waals surface area contributed by atoms with Gasteiger partial charge < -0.3 is 4.74 Å². The summed E-state index contributed by atoms with van der Waals surface area (Å²) in [5.41, 5.74) is 1.25. The minimum Gasteiger partial charge on any atom is -0.406 e. The molecule has 2 aromatic carbocycles. The summed E-state index contributed by atoms with van der Waals surface area (Å²) in [7, 11) is 0. The molecule has 0 spiro atoms. The van der Waals surface area contributed by atoms with Crippen molar-refractivity contribution < 1.29 is 22.3 Å². The van der Waals surface area contributed by atoms with Crippen molar-refractivity contribution in [1.29, 1.82) is 0 Å². The topological polar surface area (TPSA) is 9.23 Å². The third-order valence-electron chi connectivity index (χ3n) is 2.31. The van der Waals surface area contributed by atoms with Gasteiger partial charge in [-0.1, -0.05) is 12.1 Å². The lowest BCUT2D eigenvalue weighted by Gasteiger charge is -2.11. The fourth-order valence-corrected chi connectivity index (χ4v) is 2.38. The van der Waals surface area contributed by atoms with Crippen LogP contribution in [0.2, 0.25) is 0 Å². The molecule has 1 nitrogen and oxygen atoms in total. The first kappa shape index (κ1) is 14.1. The highest BCUT2D eigenvalue weighted by Crippen LogP contribution is 2.31. The minimum absolute atomic E-state index is 0.294. The van der Waals surface area contributed by atoms with Crippen LogP contribution in [-0.2, 0) is 0 Å². The predicted octanol–water partition coefficient (Wildman–Crippen LogP) is 5.00. The van der Waals surface area contributed by atoms with E-state index in [-0.39, 0.29) is 5.75 Å². The summed E-state index contributed by atoms with van der Waals surface area (Å²) >= 11 is 1.88. The second-order valence-electron chi connectivity index (χ2n) is 3.70. The van der Waals surface area contributed by atoms with Gasteiger partial charge in [0, 0.05) is 3.57 Å². The van der Waals surface area contributed by atoms with Gasteiger partial charge in [0.25, 0.3) is 0 Å². The maximum absolute atomic E-state index is 13.1. The Morgan fingerprint density at radius 2 is 1.74 bits per heavy atom. The number of halogens is 5. The molecule has 0 saturated carbocycles. The van der Waals surface area contributed by atoms with Crippen LogP contribution >= 0.6 is 22.6 Å². The van der Waals surface area contributed by atoms with Crippen molar-refractivity contribution in [3.05, 3.63) is 51.9 Å². The Bertz CT molecular complexity index is 595. The number of alkyl halides is 3. The van der Waals surface area contributed by atoms with E-state index in [0.29, 0.717) is 14.7 Å². The summed E-state index contributed by atoms with van der Waals surface area (Å²) in [6.07, 6.45) is -4.72.